The Morgan fingerprint density at radius 2 is 1.39 bits per heavy atom. The molecule has 4 bridgehead atoms. The second-order valence-electron chi connectivity index (χ2n) is 20.1. The monoisotopic (exact) mass is 870 g/mol. The molecule has 0 spiro atoms. The first kappa shape index (κ1) is 47.9. The highest BCUT2D eigenvalue weighted by Gasteiger charge is 2.64. The molecule has 13 nitrogen and oxygen atoms in total. The standard InChI is InChI=1S/C49H75NO12/c1-12-37-48(10,53)44-30(4)40-28(2)24-47(9,61-40)43(31(5)41(32(6)49(54,60-37)62-44)58-38-25-46(8,55-11)42(52)33(7)57-38)59-45-39(51)36(23-29(3)56-45)50(26-34-19-15-13-16-20-34)27-35-21-17-14-18-22-35/h13-22,28-33,36-45,51-54H,12,23-27H2,1-11H3/t28-,29?,30-,31-,32+,33?,36?,37+,38-,39?,40?,41-,42-,43+,44+,45-,46?,47+,48+,49-/m0/s1. The summed E-state index contributed by atoms with van der Waals surface area (Å²) in [6.07, 6.45) is -6.75. The highest BCUT2D eigenvalue weighted by molar-refractivity contribution is 5.18. The summed E-state index contributed by atoms with van der Waals surface area (Å²) in [6, 6.07) is 20.2. The summed E-state index contributed by atoms with van der Waals surface area (Å²) in [4.78, 5) is 2.32. The van der Waals surface area contributed by atoms with Gasteiger partial charge in [0.1, 0.15) is 17.8 Å². The molecule has 6 unspecified atom stereocenters. The maximum atomic E-state index is 12.7. The molecule has 7 rings (SSSR count). The maximum Gasteiger partial charge on any atom is 0.286 e. The molecule has 0 aromatic heterocycles. The lowest BCUT2D eigenvalue weighted by molar-refractivity contribution is -0.481. The van der Waals surface area contributed by atoms with Gasteiger partial charge in [0.25, 0.3) is 5.97 Å². The number of hydrogen-bond acceptors (Lipinski definition) is 13. The third kappa shape index (κ3) is 9.32. The number of benzene rings is 2. The van der Waals surface area contributed by atoms with E-state index in [0.29, 0.717) is 32.4 Å². The number of fused-ring (bicyclic) bond motifs is 4. The van der Waals surface area contributed by atoms with E-state index in [1.165, 1.54) is 0 Å². The average Bonchev–Trinajstić information content (AvgIpc) is 3.56. The fourth-order valence-corrected chi connectivity index (χ4v) is 11.6. The highest BCUT2D eigenvalue weighted by atomic mass is 16.8. The molecule has 0 amide bonds. The van der Waals surface area contributed by atoms with Crippen molar-refractivity contribution in [1.29, 1.82) is 0 Å². The van der Waals surface area contributed by atoms with Crippen molar-refractivity contribution >= 4 is 0 Å². The van der Waals surface area contributed by atoms with E-state index < -0.39 is 96.0 Å². The van der Waals surface area contributed by atoms with Crippen molar-refractivity contribution in [3.05, 3.63) is 71.8 Å². The van der Waals surface area contributed by atoms with Crippen molar-refractivity contribution in [3.8, 4) is 0 Å². The van der Waals surface area contributed by atoms with E-state index in [9.17, 15) is 20.4 Å². The zero-order chi connectivity index (χ0) is 44.9. The molecule has 0 aliphatic carbocycles. The Balaban J connectivity index is 1.29. The largest absolute Gasteiger partial charge is 0.387 e. The van der Waals surface area contributed by atoms with Crippen LogP contribution in [0.2, 0.25) is 0 Å². The minimum atomic E-state index is -2.21. The van der Waals surface area contributed by atoms with Gasteiger partial charge in [-0.1, -0.05) is 95.3 Å². The number of aliphatic hydroxyl groups excluding tert-OH is 2. The van der Waals surface area contributed by atoms with Gasteiger partial charge in [0.2, 0.25) is 0 Å². The Morgan fingerprint density at radius 3 is 1.97 bits per heavy atom. The van der Waals surface area contributed by atoms with Crippen molar-refractivity contribution < 1.29 is 58.3 Å². The molecule has 348 valence electrons. The van der Waals surface area contributed by atoms with Crippen LogP contribution in [0.25, 0.3) is 0 Å². The zero-order valence-corrected chi connectivity index (χ0v) is 38.8. The Morgan fingerprint density at radius 1 is 0.774 bits per heavy atom. The van der Waals surface area contributed by atoms with E-state index in [4.69, 9.17) is 37.9 Å². The predicted octanol–water partition coefficient (Wildman–Crippen LogP) is 5.92. The second-order valence-corrected chi connectivity index (χ2v) is 20.1. The summed E-state index contributed by atoms with van der Waals surface area (Å²) < 4.78 is 53.5. The minimum absolute atomic E-state index is 0.0116. The molecule has 0 radical (unpaired) electrons. The van der Waals surface area contributed by atoms with E-state index in [-0.39, 0.29) is 30.4 Å². The van der Waals surface area contributed by atoms with Crippen LogP contribution in [0, 0.1) is 23.7 Å². The molecule has 5 saturated heterocycles. The van der Waals surface area contributed by atoms with Gasteiger partial charge in [-0.05, 0) is 70.9 Å². The van der Waals surface area contributed by atoms with Crippen LogP contribution in [0.4, 0.5) is 0 Å². The van der Waals surface area contributed by atoms with Crippen LogP contribution in [0.1, 0.15) is 106 Å². The van der Waals surface area contributed by atoms with Gasteiger partial charge >= 0.3 is 0 Å². The van der Waals surface area contributed by atoms with Gasteiger partial charge in [0.15, 0.2) is 12.6 Å². The van der Waals surface area contributed by atoms with E-state index in [1.54, 1.807) is 21.0 Å². The number of ether oxygens (including phenoxy) is 8. The Labute approximate surface area is 369 Å². The molecular weight excluding hydrogens is 795 g/mol. The number of hydrogen-bond donors (Lipinski definition) is 4. The molecular formula is C49H75NO12. The highest BCUT2D eigenvalue weighted by Crippen LogP contribution is 2.52. The molecule has 0 saturated carbocycles. The topological polar surface area (TPSA) is 158 Å². The van der Waals surface area contributed by atoms with Gasteiger partial charge in [-0.15, -0.1) is 0 Å². The first-order valence-corrected chi connectivity index (χ1v) is 23.1. The first-order valence-electron chi connectivity index (χ1n) is 23.1. The quantitative estimate of drug-likeness (QED) is 0.211. The SMILES string of the molecule is CC[C@H]1O[C@]2(O)O[C@H]([C@@H](C)C3O[C@](C)(C[C@@H]3C)[C@H](O[C@@H]3OC(C)CC(N(Cc4ccccc4)Cc4ccccc4)C3O)[C@@H](C)[C@H](O[C@H]3CC(C)(OC)[C@@H](O)C(C)O3)[C@H]2C)[C@]1(C)O. The second kappa shape index (κ2) is 18.7. The molecule has 20 atom stereocenters. The number of rotatable bonds is 11. The van der Waals surface area contributed by atoms with Crippen LogP contribution < -0.4 is 0 Å². The third-order valence-corrected chi connectivity index (χ3v) is 15.2. The molecule has 13 heteroatoms. The summed E-state index contributed by atoms with van der Waals surface area (Å²) in [5.41, 5.74) is -1.15. The normalized spacial score (nSPS) is 47.5. The molecule has 5 aliphatic rings. The third-order valence-electron chi connectivity index (χ3n) is 15.2. The molecule has 5 heterocycles. The summed E-state index contributed by atoms with van der Waals surface area (Å²) in [7, 11) is 1.56. The molecule has 5 aliphatic heterocycles. The van der Waals surface area contributed by atoms with Crippen LogP contribution in [-0.4, -0.2) is 129 Å². The van der Waals surface area contributed by atoms with Crippen molar-refractivity contribution in [2.75, 3.05) is 7.11 Å². The Bertz CT molecular complexity index is 1710. The van der Waals surface area contributed by atoms with E-state index >= 15 is 0 Å². The van der Waals surface area contributed by atoms with E-state index in [2.05, 4.69) is 36.1 Å². The van der Waals surface area contributed by atoms with Gasteiger partial charge in [-0.2, -0.15) is 0 Å². The van der Waals surface area contributed by atoms with E-state index in [1.807, 2.05) is 84.9 Å². The summed E-state index contributed by atoms with van der Waals surface area (Å²) >= 11 is 0. The Hall–Kier alpha value is -2.08. The summed E-state index contributed by atoms with van der Waals surface area (Å²) in [5.74, 6) is -4.08. The molecule has 2 aromatic rings. The van der Waals surface area contributed by atoms with Gasteiger partial charge in [-0.25, -0.2) is 0 Å². The fourth-order valence-electron chi connectivity index (χ4n) is 11.6. The van der Waals surface area contributed by atoms with Gasteiger partial charge < -0.3 is 58.3 Å². The van der Waals surface area contributed by atoms with Crippen LogP contribution in [0.3, 0.4) is 0 Å². The summed E-state index contributed by atoms with van der Waals surface area (Å²) in [6.45, 7) is 20.5. The smallest absolute Gasteiger partial charge is 0.286 e. The minimum Gasteiger partial charge on any atom is -0.387 e. The lowest BCUT2D eigenvalue weighted by Crippen LogP contribution is -2.69. The zero-order valence-electron chi connectivity index (χ0n) is 38.8. The molecule has 62 heavy (non-hydrogen) atoms. The number of methoxy groups -OCH3 is 1. The van der Waals surface area contributed by atoms with Crippen molar-refractivity contribution in [1.82, 2.24) is 4.90 Å². The van der Waals surface area contributed by atoms with Crippen molar-refractivity contribution in [3.63, 3.8) is 0 Å². The van der Waals surface area contributed by atoms with Crippen LogP contribution in [0.15, 0.2) is 60.7 Å². The van der Waals surface area contributed by atoms with Gasteiger partial charge in [-0.3, -0.25) is 4.90 Å². The van der Waals surface area contributed by atoms with Gasteiger partial charge in [0.05, 0.1) is 59.8 Å². The molecule has 2 aromatic carbocycles. The predicted molar refractivity (Wildman–Crippen MR) is 231 cm³/mol. The van der Waals surface area contributed by atoms with Crippen LogP contribution >= 0.6 is 0 Å². The van der Waals surface area contributed by atoms with Crippen LogP contribution in [-0.2, 0) is 51.0 Å². The van der Waals surface area contributed by atoms with Crippen molar-refractivity contribution in [2.24, 2.45) is 23.7 Å². The lowest BCUT2D eigenvalue weighted by atomic mass is 9.74. The molecule has 5 fully saturated rings. The molecule has 4 N–H and O–H groups in total. The summed E-state index contributed by atoms with van der Waals surface area (Å²) in [5, 5.41) is 48.6. The average molecular weight is 870 g/mol. The Kier molecular flexibility index (Phi) is 14.4. The first-order chi connectivity index (χ1) is 29.2. The van der Waals surface area contributed by atoms with E-state index in [0.717, 1.165) is 11.1 Å². The lowest BCUT2D eigenvalue weighted by Gasteiger charge is -2.55. The van der Waals surface area contributed by atoms with Gasteiger partial charge in [0, 0.05) is 44.5 Å². The van der Waals surface area contributed by atoms with Crippen LogP contribution in [0.5, 0.6) is 0 Å². The number of aliphatic hydroxyl groups is 4. The number of nitrogens with zero attached hydrogens (tertiary/aromatic N) is 1. The fraction of sp³-hybridized carbons (Fsp3) is 0.755. The maximum absolute atomic E-state index is 12.7. The van der Waals surface area contributed by atoms with Crippen molar-refractivity contribution in [2.45, 2.75) is 204 Å².